The number of carboxylic acid groups (broad SMARTS) is 1. The van der Waals surface area contributed by atoms with Crippen LogP contribution in [0.3, 0.4) is 0 Å². The molecule has 0 radical (unpaired) electrons. The molecule has 1 rings (SSSR count). The van der Waals surface area contributed by atoms with Crippen molar-refractivity contribution in [2.75, 3.05) is 41.3 Å². The van der Waals surface area contributed by atoms with Crippen molar-refractivity contribution in [1.82, 2.24) is 4.90 Å². The van der Waals surface area contributed by atoms with Gasteiger partial charge in [-0.15, -0.1) is 0 Å². The summed E-state index contributed by atoms with van der Waals surface area (Å²) >= 11 is 0. The molecule has 1 heterocycles. The molecule has 0 saturated carbocycles. The summed E-state index contributed by atoms with van der Waals surface area (Å²) in [7, 11) is 6.52. The van der Waals surface area contributed by atoms with Crippen molar-refractivity contribution in [2.45, 2.75) is 0 Å². The van der Waals surface area contributed by atoms with Crippen LogP contribution in [0.5, 0.6) is 0 Å². The number of carbonyl (C=O) groups excluding carboxylic acids is 1. The number of quaternary nitrogens is 1. The van der Waals surface area contributed by atoms with E-state index in [0.717, 1.165) is 6.54 Å². The summed E-state index contributed by atoms with van der Waals surface area (Å²) in [6, 6.07) is 0. The van der Waals surface area contributed by atoms with Gasteiger partial charge in [-0.1, -0.05) is 0 Å². The summed E-state index contributed by atoms with van der Waals surface area (Å²) in [5.74, 6) is 0. The van der Waals surface area contributed by atoms with E-state index < -0.39 is 6.09 Å². The summed E-state index contributed by atoms with van der Waals surface area (Å²) in [5.41, 5.74) is 0. The van der Waals surface area contributed by atoms with Gasteiger partial charge in [-0.05, 0) is 0 Å². The second kappa shape index (κ2) is 4.80. The van der Waals surface area contributed by atoms with Crippen molar-refractivity contribution in [3.8, 4) is 0 Å². The van der Waals surface area contributed by atoms with Gasteiger partial charge in [0.25, 0.3) is 0 Å². The van der Waals surface area contributed by atoms with Crippen molar-refractivity contribution >= 4 is 12.2 Å². The molecule has 14 heavy (non-hydrogen) atoms. The fraction of sp³-hybridized carbons (Fsp3) is 0.750. The Kier molecular flexibility index (Phi) is 4.36. The van der Waals surface area contributed by atoms with Crippen LogP contribution in [-0.2, 0) is 4.74 Å². The van der Waals surface area contributed by atoms with Gasteiger partial charge < -0.3 is 14.7 Å². The predicted octanol–water partition coefficient (Wildman–Crippen LogP) is 0.439. The second-order valence-corrected chi connectivity index (χ2v) is 3.83. The van der Waals surface area contributed by atoms with Crippen LogP contribution in [-0.4, -0.2) is 68.0 Å². The van der Waals surface area contributed by atoms with Crippen LogP contribution in [0.15, 0.2) is 0 Å². The second-order valence-electron chi connectivity index (χ2n) is 3.83. The van der Waals surface area contributed by atoms with Crippen LogP contribution in [0.1, 0.15) is 0 Å². The summed E-state index contributed by atoms with van der Waals surface area (Å²) in [5, 5.41) is 8.22. The van der Waals surface area contributed by atoms with E-state index in [1.54, 1.807) is 33.1 Å². The molecule has 0 aromatic rings. The SMILES string of the molecule is CN1CCOC1=O.C[N+](C)(C)C(=O)O. The smallest absolute Gasteiger partial charge is 0.448 e. The molecule has 0 aromatic heterocycles. The molecule has 1 aliphatic rings. The lowest BCUT2D eigenvalue weighted by atomic mass is 10.7. The molecule has 0 atom stereocenters. The molecule has 2 amide bonds. The lowest BCUT2D eigenvalue weighted by Gasteiger charge is -2.14. The van der Waals surface area contributed by atoms with Gasteiger partial charge >= 0.3 is 12.2 Å². The molecular formula is C8H17N2O4+. The molecule has 0 spiro atoms. The van der Waals surface area contributed by atoms with E-state index >= 15 is 0 Å². The van der Waals surface area contributed by atoms with Gasteiger partial charge in [0.05, 0.1) is 27.7 Å². The van der Waals surface area contributed by atoms with E-state index in [9.17, 15) is 9.59 Å². The highest BCUT2D eigenvalue weighted by molar-refractivity contribution is 5.68. The monoisotopic (exact) mass is 205 g/mol. The van der Waals surface area contributed by atoms with E-state index in [-0.39, 0.29) is 10.6 Å². The van der Waals surface area contributed by atoms with E-state index in [2.05, 4.69) is 4.74 Å². The first-order valence-electron chi connectivity index (χ1n) is 4.18. The fourth-order valence-electron chi connectivity index (χ4n) is 0.471. The molecule has 0 aromatic carbocycles. The molecule has 1 aliphatic heterocycles. The van der Waals surface area contributed by atoms with Gasteiger partial charge in [-0.2, -0.15) is 4.79 Å². The van der Waals surface area contributed by atoms with Gasteiger partial charge in [-0.25, -0.2) is 9.28 Å². The highest BCUT2D eigenvalue weighted by Gasteiger charge is 2.17. The topological polar surface area (TPSA) is 66.8 Å². The van der Waals surface area contributed by atoms with Crippen LogP contribution in [0, 0.1) is 0 Å². The third-order valence-electron chi connectivity index (χ3n) is 1.54. The standard InChI is InChI=1S/C4H7NO2.C4H9NO2/c1-5-2-3-7-4(5)6;1-5(2,3)4(6)7/h2-3H2,1H3;1-3H3/p+1. The first-order valence-corrected chi connectivity index (χ1v) is 4.18. The third-order valence-corrected chi connectivity index (χ3v) is 1.54. The lowest BCUT2D eigenvalue weighted by molar-refractivity contribution is -0.794. The number of carbonyl (C=O) groups is 2. The molecule has 0 aliphatic carbocycles. The highest BCUT2D eigenvalue weighted by Crippen LogP contribution is 1.96. The molecule has 1 fully saturated rings. The molecule has 1 N–H and O–H groups in total. The van der Waals surface area contributed by atoms with E-state index in [1.807, 2.05) is 0 Å². The number of cyclic esters (lactones) is 1. The Morgan fingerprint density at radius 3 is 2.00 bits per heavy atom. The zero-order valence-electron chi connectivity index (χ0n) is 8.98. The molecular weight excluding hydrogens is 188 g/mol. The van der Waals surface area contributed by atoms with E-state index in [1.165, 1.54) is 0 Å². The average molecular weight is 205 g/mol. The van der Waals surface area contributed by atoms with Crippen molar-refractivity contribution in [3.05, 3.63) is 0 Å². The fourth-order valence-corrected chi connectivity index (χ4v) is 0.471. The summed E-state index contributed by atoms with van der Waals surface area (Å²) in [6.07, 6.45) is -1.03. The summed E-state index contributed by atoms with van der Waals surface area (Å²) < 4.78 is 4.52. The minimum absolute atomic E-state index is 0.0278. The number of hydrogen-bond donors (Lipinski definition) is 1. The number of hydrogen-bond acceptors (Lipinski definition) is 3. The maximum absolute atomic E-state index is 10.3. The summed E-state index contributed by atoms with van der Waals surface area (Å²) in [4.78, 5) is 21.8. The van der Waals surface area contributed by atoms with Crippen molar-refractivity contribution in [2.24, 2.45) is 0 Å². The maximum atomic E-state index is 10.3. The van der Waals surface area contributed by atoms with Crippen LogP contribution in [0.2, 0.25) is 0 Å². The van der Waals surface area contributed by atoms with Gasteiger partial charge in [0.15, 0.2) is 0 Å². The zero-order valence-corrected chi connectivity index (χ0v) is 8.98. The minimum atomic E-state index is -0.819. The number of nitrogens with zero attached hydrogens (tertiary/aromatic N) is 2. The van der Waals surface area contributed by atoms with Gasteiger partial charge in [0.2, 0.25) is 0 Å². The number of likely N-dealkylation sites (N-methyl/N-ethyl adjacent to an activating group) is 1. The van der Waals surface area contributed by atoms with Crippen molar-refractivity contribution in [3.63, 3.8) is 0 Å². The number of rotatable bonds is 0. The molecule has 6 heteroatoms. The predicted molar refractivity (Wildman–Crippen MR) is 50.0 cm³/mol. The van der Waals surface area contributed by atoms with E-state index in [0.29, 0.717) is 6.61 Å². The zero-order chi connectivity index (χ0) is 11.4. The Morgan fingerprint density at radius 1 is 1.50 bits per heavy atom. The highest BCUT2D eigenvalue weighted by atomic mass is 16.6. The van der Waals surface area contributed by atoms with E-state index in [4.69, 9.17) is 5.11 Å². The van der Waals surface area contributed by atoms with Crippen molar-refractivity contribution < 1.29 is 23.9 Å². The molecule has 6 nitrogen and oxygen atoms in total. The Labute approximate surface area is 83.3 Å². The normalized spacial score (nSPS) is 15.7. The molecule has 0 bridgehead atoms. The van der Waals surface area contributed by atoms with Gasteiger partial charge in [-0.3, -0.25) is 0 Å². The quantitative estimate of drug-likeness (QED) is 0.583. The first-order chi connectivity index (χ1) is 6.25. The average Bonchev–Trinajstić information content (AvgIpc) is 2.35. The first kappa shape index (κ1) is 12.7. The minimum Gasteiger partial charge on any atom is -0.448 e. The lowest BCUT2D eigenvalue weighted by Crippen LogP contribution is -2.39. The number of amides is 2. The van der Waals surface area contributed by atoms with Crippen LogP contribution < -0.4 is 0 Å². The molecule has 82 valence electrons. The van der Waals surface area contributed by atoms with Crippen LogP contribution >= 0.6 is 0 Å². The third kappa shape index (κ3) is 4.66. The van der Waals surface area contributed by atoms with Crippen LogP contribution in [0.25, 0.3) is 0 Å². The largest absolute Gasteiger partial charge is 0.512 e. The Hall–Kier alpha value is -1.30. The Bertz CT molecular complexity index is 220. The molecule has 0 unspecified atom stereocenters. The Balaban J connectivity index is 0.000000241. The van der Waals surface area contributed by atoms with Gasteiger partial charge in [0, 0.05) is 7.05 Å². The maximum Gasteiger partial charge on any atom is 0.512 e. The van der Waals surface area contributed by atoms with Crippen molar-refractivity contribution in [1.29, 1.82) is 0 Å². The van der Waals surface area contributed by atoms with Gasteiger partial charge in [0.1, 0.15) is 6.61 Å². The van der Waals surface area contributed by atoms with Crippen LogP contribution in [0.4, 0.5) is 9.59 Å². The summed E-state index contributed by atoms with van der Waals surface area (Å²) in [6.45, 7) is 1.29. The molecule has 1 saturated heterocycles. The Morgan fingerprint density at radius 2 is 1.93 bits per heavy atom. The number of ether oxygens (including phenoxy) is 1.